The Morgan fingerprint density at radius 1 is 1.40 bits per heavy atom. The molecule has 136 valence electrons. The maximum Gasteiger partial charge on any atom is 0.237 e. The van der Waals surface area contributed by atoms with Gasteiger partial charge in [-0.15, -0.1) is 0 Å². The van der Waals surface area contributed by atoms with E-state index in [1.165, 1.54) is 0 Å². The van der Waals surface area contributed by atoms with Gasteiger partial charge in [0.15, 0.2) is 0 Å². The zero-order valence-corrected chi connectivity index (χ0v) is 14.4. The minimum Gasteiger partial charge on any atom is -0.497 e. The zero-order valence-electron chi connectivity index (χ0n) is 14.4. The summed E-state index contributed by atoms with van der Waals surface area (Å²) in [4.78, 5) is 26.4. The van der Waals surface area contributed by atoms with Gasteiger partial charge in [0.05, 0.1) is 19.2 Å². The second kappa shape index (κ2) is 7.84. The van der Waals surface area contributed by atoms with E-state index in [0.717, 1.165) is 18.5 Å². The molecule has 3 rings (SSSR count). The van der Waals surface area contributed by atoms with Gasteiger partial charge in [-0.25, -0.2) is 0 Å². The summed E-state index contributed by atoms with van der Waals surface area (Å²) < 4.78 is 10.5. The van der Waals surface area contributed by atoms with Gasteiger partial charge in [0.25, 0.3) is 0 Å². The second-order valence-corrected chi connectivity index (χ2v) is 6.59. The molecule has 0 bridgehead atoms. The third kappa shape index (κ3) is 4.11. The fourth-order valence-corrected chi connectivity index (χ4v) is 3.42. The number of amides is 2. The van der Waals surface area contributed by atoms with E-state index < -0.39 is 6.04 Å². The molecule has 0 saturated carbocycles. The van der Waals surface area contributed by atoms with Crippen molar-refractivity contribution in [1.29, 1.82) is 0 Å². The van der Waals surface area contributed by atoms with Crippen LogP contribution in [0.5, 0.6) is 5.75 Å². The Morgan fingerprint density at radius 3 is 2.88 bits per heavy atom. The smallest absolute Gasteiger partial charge is 0.237 e. The molecular weight excluding hydrogens is 322 g/mol. The fourth-order valence-electron chi connectivity index (χ4n) is 3.42. The van der Waals surface area contributed by atoms with E-state index in [4.69, 9.17) is 15.2 Å². The van der Waals surface area contributed by atoms with Gasteiger partial charge in [0, 0.05) is 37.9 Å². The average molecular weight is 347 g/mol. The lowest BCUT2D eigenvalue weighted by Crippen LogP contribution is -2.50. The molecule has 7 heteroatoms. The number of hydrogen-bond donors (Lipinski definition) is 2. The Labute approximate surface area is 147 Å². The van der Waals surface area contributed by atoms with Crippen LogP contribution in [0.1, 0.15) is 19.3 Å². The van der Waals surface area contributed by atoms with Crippen LogP contribution in [0.3, 0.4) is 0 Å². The van der Waals surface area contributed by atoms with Crippen LogP contribution in [0.4, 0.5) is 5.69 Å². The van der Waals surface area contributed by atoms with Crippen LogP contribution in [0.25, 0.3) is 0 Å². The number of benzene rings is 1. The third-order valence-corrected chi connectivity index (χ3v) is 4.91. The van der Waals surface area contributed by atoms with Crippen LogP contribution in [0.2, 0.25) is 0 Å². The highest BCUT2D eigenvalue weighted by atomic mass is 16.5. The summed E-state index contributed by atoms with van der Waals surface area (Å²) in [5.41, 5.74) is 6.88. The maximum absolute atomic E-state index is 12.4. The lowest BCUT2D eigenvalue weighted by molar-refractivity contribution is -0.125. The molecule has 1 aromatic rings. The number of carbonyl (C=O) groups excluding carboxylic acids is 2. The fraction of sp³-hybridized carbons (Fsp3) is 0.556. The largest absolute Gasteiger partial charge is 0.497 e. The molecule has 2 atom stereocenters. The molecule has 0 spiro atoms. The lowest BCUT2D eigenvalue weighted by Gasteiger charge is -2.27. The normalized spacial score (nSPS) is 22.7. The summed E-state index contributed by atoms with van der Waals surface area (Å²) in [6.07, 6.45) is 1.88. The molecule has 0 aromatic heterocycles. The maximum atomic E-state index is 12.4. The van der Waals surface area contributed by atoms with Crippen LogP contribution in [-0.4, -0.2) is 50.8 Å². The van der Waals surface area contributed by atoms with Crippen molar-refractivity contribution < 1.29 is 19.1 Å². The summed E-state index contributed by atoms with van der Waals surface area (Å²) in [5.74, 6) is 0.634. The van der Waals surface area contributed by atoms with Crippen molar-refractivity contribution in [2.24, 2.45) is 11.7 Å². The topological polar surface area (TPSA) is 93.9 Å². The highest BCUT2D eigenvalue weighted by Gasteiger charge is 2.34. The highest BCUT2D eigenvalue weighted by Crippen LogP contribution is 2.25. The average Bonchev–Trinajstić information content (AvgIpc) is 3.02. The molecule has 3 N–H and O–H groups in total. The number of rotatable bonds is 5. The molecule has 2 amide bonds. The summed E-state index contributed by atoms with van der Waals surface area (Å²) >= 11 is 0. The Morgan fingerprint density at radius 2 is 2.16 bits per heavy atom. The van der Waals surface area contributed by atoms with Crippen molar-refractivity contribution in [3.63, 3.8) is 0 Å². The van der Waals surface area contributed by atoms with Gasteiger partial charge in [-0.05, 0) is 30.9 Å². The van der Waals surface area contributed by atoms with E-state index >= 15 is 0 Å². The lowest BCUT2D eigenvalue weighted by atomic mass is 9.91. The van der Waals surface area contributed by atoms with E-state index in [1.807, 2.05) is 24.3 Å². The number of carbonyl (C=O) groups is 2. The number of nitrogens with one attached hydrogen (secondary N) is 1. The second-order valence-electron chi connectivity index (χ2n) is 6.59. The first-order valence-electron chi connectivity index (χ1n) is 8.66. The molecule has 2 aliphatic heterocycles. The molecule has 25 heavy (non-hydrogen) atoms. The van der Waals surface area contributed by atoms with E-state index in [1.54, 1.807) is 12.0 Å². The third-order valence-electron chi connectivity index (χ3n) is 4.91. The van der Waals surface area contributed by atoms with Crippen LogP contribution in [-0.2, 0) is 14.3 Å². The predicted octanol–water partition coefficient (Wildman–Crippen LogP) is 0.671. The molecule has 0 radical (unpaired) electrons. The summed E-state index contributed by atoms with van der Waals surface area (Å²) in [5, 5.41) is 2.94. The molecular formula is C18H25N3O4. The van der Waals surface area contributed by atoms with E-state index in [2.05, 4.69) is 5.32 Å². The Kier molecular flexibility index (Phi) is 5.55. The molecule has 2 unspecified atom stereocenters. The van der Waals surface area contributed by atoms with Gasteiger partial charge < -0.3 is 25.4 Å². The number of anilines is 1. The monoisotopic (exact) mass is 347 g/mol. The highest BCUT2D eigenvalue weighted by molar-refractivity contribution is 5.97. The van der Waals surface area contributed by atoms with E-state index in [-0.39, 0.29) is 30.2 Å². The van der Waals surface area contributed by atoms with Gasteiger partial charge in [0.1, 0.15) is 5.75 Å². The molecule has 7 nitrogen and oxygen atoms in total. The van der Waals surface area contributed by atoms with Crippen LogP contribution < -0.4 is 20.7 Å². The first-order valence-corrected chi connectivity index (χ1v) is 8.66. The Balaban J connectivity index is 1.59. The van der Waals surface area contributed by atoms with Crippen molar-refractivity contribution in [3.8, 4) is 5.75 Å². The Bertz CT molecular complexity index is 631. The minimum atomic E-state index is -0.551. The number of hydrogen-bond acceptors (Lipinski definition) is 5. The zero-order chi connectivity index (χ0) is 17.8. The van der Waals surface area contributed by atoms with Gasteiger partial charge in [0.2, 0.25) is 11.8 Å². The summed E-state index contributed by atoms with van der Waals surface area (Å²) in [7, 11) is 1.59. The molecule has 2 aliphatic rings. The number of ether oxygens (including phenoxy) is 2. The van der Waals surface area contributed by atoms with Crippen molar-refractivity contribution in [3.05, 3.63) is 24.3 Å². The van der Waals surface area contributed by atoms with Crippen LogP contribution >= 0.6 is 0 Å². The van der Waals surface area contributed by atoms with Gasteiger partial charge in [-0.2, -0.15) is 0 Å². The van der Waals surface area contributed by atoms with E-state index in [9.17, 15) is 9.59 Å². The van der Waals surface area contributed by atoms with Crippen LogP contribution in [0.15, 0.2) is 24.3 Å². The quantitative estimate of drug-likeness (QED) is 0.816. The number of nitrogens with zero attached hydrogens (tertiary/aromatic N) is 1. The Hall–Kier alpha value is -2.12. The van der Waals surface area contributed by atoms with Crippen molar-refractivity contribution >= 4 is 17.5 Å². The van der Waals surface area contributed by atoms with Crippen LogP contribution in [0, 0.1) is 5.92 Å². The first kappa shape index (κ1) is 17.7. The molecule has 1 aromatic carbocycles. The molecule has 2 fully saturated rings. The summed E-state index contributed by atoms with van der Waals surface area (Å²) in [6.45, 7) is 1.74. The van der Waals surface area contributed by atoms with Crippen molar-refractivity contribution in [2.75, 3.05) is 31.8 Å². The number of methoxy groups -OCH3 is 1. The van der Waals surface area contributed by atoms with E-state index in [0.29, 0.717) is 25.5 Å². The van der Waals surface area contributed by atoms with Crippen molar-refractivity contribution in [1.82, 2.24) is 5.32 Å². The van der Waals surface area contributed by atoms with Gasteiger partial charge in [-0.1, -0.05) is 6.07 Å². The number of nitrogens with two attached hydrogens (primary N) is 1. The SMILES string of the molecule is COc1cccc(N2CC(NC(=O)C(N)C3CCOCC3)CC2=O)c1. The minimum absolute atomic E-state index is 0.0156. The van der Waals surface area contributed by atoms with Gasteiger partial charge in [-0.3, -0.25) is 9.59 Å². The van der Waals surface area contributed by atoms with Gasteiger partial charge >= 0.3 is 0 Å². The molecule has 0 aliphatic carbocycles. The van der Waals surface area contributed by atoms with Crippen molar-refractivity contribution in [2.45, 2.75) is 31.3 Å². The summed E-state index contributed by atoms with van der Waals surface area (Å²) in [6, 6.07) is 6.57. The predicted molar refractivity (Wildman–Crippen MR) is 93.4 cm³/mol. The molecule has 2 heterocycles. The standard InChI is InChI=1S/C18H25N3O4/c1-24-15-4-2-3-14(10-15)21-11-13(9-16(21)22)20-18(23)17(19)12-5-7-25-8-6-12/h2-4,10,12-13,17H,5-9,11,19H2,1H3,(H,20,23). The molecule has 2 saturated heterocycles. The first-order chi connectivity index (χ1) is 12.1.